The second-order valence-electron chi connectivity index (χ2n) is 10.00. The topological polar surface area (TPSA) is 117 Å². The summed E-state index contributed by atoms with van der Waals surface area (Å²) in [6.45, 7) is 6.55. The summed E-state index contributed by atoms with van der Waals surface area (Å²) in [6, 6.07) is 11.2. The molecule has 0 unspecified atom stereocenters. The Bertz CT molecular complexity index is 1320. The molecule has 5 rings (SSSR count). The van der Waals surface area contributed by atoms with Gasteiger partial charge in [0.05, 0.1) is 18.9 Å². The number of nitrogens with one attached hydrogen (secondary N) is 3. The first-order valence-corrected chi connectivity index (χ1v) is 12.4. The van der Waals surface area contributed by atoms with Crippen molar-refractivity contribution in [2.45, 2.75) is 25.6 Å². The van der Waals surface area contributed by atoms with Crippen LogP contribution in [0.15, 0.2) is 42.6 Å². The Balaban J connectivity index is 1.25. The van der Waals surface area contributed by atoms with Crippen molar-refractivity contribution in [2.75, 3.05) is 61.2 Å². The molecule has 3 N–H and O–H groups in total. The van der Waals surface area contributed by atoms with Gasteiger partial charge in [-0.15, -0.1) is 0 Å². The number of amides is 1. The van der Waals surface area contributed by atoms with Crippen LogP contribution in [-0.2, 0) is 9.53 Å². The second-order valence-corrected chi connectivity index (χ2v) is 10.00. The molecule has 4 heterocycles. The van der Waals surface area contributed by atoms with Gasteiger partial charge >= 0.3 is 0 Å². The van der Waals surface area contributed by atoms with E-state index in [1.165, 1.54) is 0 Å². The Morgan fingerprint density at radius 2 is 1.95 bits per heavy atom. The SMILES string of the molecule is CN(C)C[C@@H]1CN(c2ccc(Nc3ncc(F)c(Nc4ccc5c(n4)NC(=O)C(C)(C)O5)n3)cc2)CCO1. The number of halogens is 1. The molecule has 0 aliphatic carbocycles. The smallest absolute Gasteiger partial charge is 0.269 e. The number of aromatic nitrogens is 3. The first-order chi connectivity index (χ1) is 18.2. The van der Waals surface area contributed by atoms with Crippen LogP contribution in [0.25, 0.3) is 0 Å². The summed E-state index contributed by atoms with van der Waals surface area (Å²) in [5.41, 5.74) is 0.861. The average molecular weight is 523 g/mol. The third kappa shape index (κ3) is 5.76. The van der Waals surface area contributed by atoms with Gasteiger partial charge < -0.3 is 35.2 Å². The number of ether oxygens (including phenoxy) is 2. The molecule has 1 saturated heterocycles. The number of hydrogen-bond acceptors (Lipinski definition) is 10. The van der Waals surface area contributed by atoms with Crippen LogP contribution in [0.1, 0.15) is 13.8 Å². The number of hydrogen-bond donors (Lipinski definition) is 3. The van der Waals surface area contributed by atoms with Crippen molar-refractivity contribution >= 4 is 40.7 Å². The van der Waals surface area contributed by atoms with E-state index in [1.54, 1.807) is 26.0 Å². The summed E-state index contributed by atoms with van der Waals surface area (Å²) in [5.74, 6) is 0.165. The normalized spacial score (nSPS) is 18.4. The third-order valence-electron chi connectivity index (χ3n) is 6.19. The molecule has 0 bridgehead atoms. The van der Waals surface area contributed by atoms with Gasteiger partial charge in [-0.25, -0.2) is 14.4 Å². The zero-order chi connectivity index (χ0) is 26.9. The Kier molecular flexibility index (Phi) is 7.00. The van der Waals surface area contributed by atoms with Crippen LogP contribution < -0.4 is 25.6 Å². The summed E-state index contributed by atoms with van der Waals surface area (Å²) in [5, 5.41) is 8.67. The van der Waals surface area contributed by atoms with Crippen molar-refractivity contribution in [1.82, 2.24) is 19.9 Å². The maximum atomic E-state index is 14.5. The second kappa shape index (κ2) is 10.4. The quantitative estimate of drug-likeness (QED) is 0.426. The van der Waals surface area contributed by atoms with E-state index < -0.39 is 11.4 Å². The zero-order valence-electron chi connectivity index (χ0n) is 21.8. The fraction of sp³-hybridized carbons (Fsp3) is 0.385. The molecule has 12 heteroatoms. The van der Waals surface area contributed by atoms with Crippen LogP contribution in [0.3, 0.4) is 0 Å². The maximum absolute atomic E-state index is 14.5. The van der Waals surface area contributed by atoms with Crippen molar-refractivity contribution in [3.05, 3.63) is 48.4 Å². The number of carbonyl (C=O) groups excluding carboxylic acids is 1. The fourth-order valence-corrected chi connectivity index (χ4v) is 4.26. The summed E-state index contributed by atoms with van der Waals surface area (Å²) in [7, 11) is 4.08. The molecule has 2 aliphatic rings. The van der Waals surface area contributed by atoms with Crippen LogP contribution in [-0.4, -0.2) is 77.8 Å². The van der Waals surface area contributed by atoms with Gasteiger partial charge in [-0.05, 0) is 64.3 Å². The number of benzene rings is 1. The van der Waals surface area contributed by atoms with E-state index in [-0.39, 0.29) is 29.6 Å². The Morgan fingerprint density at radius 1 is 1.16 bits per heavy atom. The van der Waals surface area contributed by atoms with Gasteiger partial charge in [-0.3, -0.25) is 4.79 Å². The number of nitrogens with zero attached hydrogens (tertiary/aromatic N) is 5. The summed E-state index contributed by atoms with van der Waals surface area (Å²) in [6.07, 6.45) is 1.24. The van der Waals surface area contributed by atoms with E-state index in [0.717, 1.165) is 37.2 Å². The average Bonchev–Trinajstić information content (AvgIpc) is 2.87. The third-order valence-corrected chi connectivity index (χ3v) is 6.19. The molecule has 2 aliphatic heterocycles. The van der Waals surface area contributed by atoms with E-state index in [0.29, 0.717) is 18.2 Å². The van der Waals surface area contributed by atoms with Crippen LogP contribution >= 0.6 is 0 Å². The number of pyridine rings is 1. The molecule has 1 amide bonds. The molecule has 200 valence electrons. The van der Waals surface area contributed by atoms with E-state index in [2.05, 4.69) is 40.7 Å². The van der Waals surface area contributed by atoms with Crippen LogP contribution in [0, 0.1) is 5.82 Å². The number of rotatable bonds is 7. The molecule has 1 atom stereocenters. The minimum Gasteiger partial charge on any atom is -0.474 e. The van der Waals surface area contributed by atoms with Gasteiger partial charge in [-0.2, -0.15) is 4.98 Å². The van der Waals surface area contributed by atoms with Crippen molar-refractivity contribution in [3.63, 3.8) is 0 Å². The lowest BCUT2D eigenvalue weighted by Gasteiger charge is -2.35. The van der Waals surface area contributed by atoms with Gasteiger partial charge in [0, 0.05) is 31.0 Å². The van der Waals surface area contributed by atoms with Gasteiger partial charge in [-0.1, -0.05) is 0 Å². The molecular formula is C26H31FN8O3. The predicted molar refractivity (Wildman–Crippen MR) is 143 cm³/mol. The summed E-state index contributed by atoms with van der Waals surface area (Å²) in [4.78, 5) is 29.3. The fourth-order valence-electron chi connectivity index (χ4n) is 4.26. The highest BCUT2D eigenvalue weighted by Crippen LogP contribution is 2.33. The largest absolute Gasteiger partial charge is 0.474 e. The highest BCUT2D eigenvalue weighted by Gasteiger charge is 2.36. The van der Waals surface area contributed by atoms with E-state index in [1.807, 2.05) is 38.4 Å². The van der Waals surface area contributed by atoms with Crippen molar-refractivity contribution in [1.29, 1.82) is 0 Å². The number of carbonyl (C=O) groups is 1. The molecule has 2 aromatic heterocycles. The van der Waals surface area contributed by atoms with Crippen molar-refractivity contribution in [3.8, 4) is 5.75 Å². The van der Waals surface area contributed by atoms with Gasteiger partial charge in [0.1, 0.15) is 5.82 Å². The highest BCUT2D eigenvalue weighted by molar-refractivity contribution is 5.99. The van der Waals surface area contributed by atoms with Crippen molar-refractivity contribution in [2.24, 2.45) is 0 Å². The van der Waals surface area contributed by atoms with Crippen LogP contribution in [0.5, 0.6) is 5.75 Å². The van der Waals surface area contributed by atoms with E-state index in [4.69, 9.17) is 9.47 Å². The van der Waals surface area contributed by atoms with Gasteiger partial charge in [0.15, 0.2) is 28.8 Å². The Labute approximate surface area is 220 Å². The van der Waals surface area contributed by atoms with E-state index in [9.17, 15) is 9.18 Å². The molecule has 11 nitrogen and oxygen atoms in total. The molecule has 0 spiro atoms. The molecule has 0 radical (unpaired) electrons. The first-order valence-electron chi connectivity index (χ1n) is 12.4. The zero-order valence-corrected chi connectivity index (χ0v) is 21.8. The summed E-state index contributed by atoms with van der Waals surface area (Å²) < 4.78 is 26.1. The molecule has 1 fully saturated rings. The molecule has 0 saturated carbocycles. The molecule has 1 aromatic carbocycles. The minimum atomic E-state index is -1.00. The highest BCUT2D eigenvalue weighted by atomic mass is 19.1. The molecular weight excluding hydrogens is 491 g/mol. The number of likely N-dealkylation sites (N-methyl/N-ethyl adjacent to an activating group) is 1. The number of anilines is 6. The van der Waals surface area contributed by atoms with Gasteiger partial charge in [0.25, 0.3) is 5.91 Å². The minimum absolute atomic E-state index is 0.0600. The van der Waals surface area contributed by atoms with E-state index >= 15 is 0 Å². The molecule has 38 heavy (non-hydrogen) atoms. The number of morpholine rings is 1. The number of fused-ring (bicyclic) bond motifs is 1. The lowest BCUT2D eigenvalue weighted by Crippen LogP contribution is -2.46. The standard InChI is InChI=1S/C26H31FN8O3/c1-26(2)24(36)32-23-20(38-26)9-10-21(31-23)30-22-19(27)13-28-25(33-22)29-16-5-7-17(8-6-16)35-11-12-37-18(15-35)14-34(3)4/h5-10,13,18H,11-12,14-15H2,1-4H3,(H3,28,29,30,31,32,33,36)/t18-/m1/s1. The lowest BCUT2D eigenvalue weighted by atomic mass is 10.1. The first kappa shape index (κ1) is 25.6. The Hall–Kier alpha value is -4.03. The lowest BCUT2D eigenvalue weighted by molar-refractivity contribution is -0.129. The maximum Gasteiger partial charge on any atom is 0.269 e. The summed E-state index contributed by atoms with van der Waals surface area (Å²) >= 11 is 0. The van der Waals surface area contributed by atoms with Gasteiger partial charge in [0.2, 0.25) is 5.95 Å². The predicted octanol–water partition coefficient (Wildman–Crippen LogP) is 3.37. The van der Waals surface area contributed by atoms with Crippen LogP contribution in [0.4, 0.5) is 39.2 Å². The molecule has 3 aromatic rings. The van der Waals surface area contributed by atoms with Crippen molar-refractivity contribution < 1.29 is 18.7 Å². The Morgan fingerprint density at radius 3 is 2.71 bits per heavy atom. The monoisotopic (exact) mass is 522 g/mol. The van der Waals surface area contributed by atoms with Crippen LogP contribution in [0.2, 0.25) is 0 Å².